The lowest BCUT2D eigenvalue weighted by Crippen LogP contribution is -2.30. The van der Waals surface area contributed by atoms with Gasteiger partial charge in [-0.05, 0) is 23.6 Å². The Balaban J connectivity index is 1.74. The summed E-state index contributed by atoms with van der Waals surface area (Å²) in [6, 6.07) is 19.5. The standard InChI is InChI=1S/C17H20N2/c1-2-6-15(7-3-1)10-12-19-13-11-18-14-16-8-4-5-9-17(16)19/h1-9,18H,10-14H2. The normalized spacial score (nSPS) is 14.8. The van der Waals surface area contributed by atoms with Crippen LogP contribution in [-0.4, -0.2) is 19.6 Å². The molecule has 19 heavy (non-hydrogen) atoms. The fourth-order valence-electron chi connectivity index (χ4n) is 2.67. The molecule has 1 aliphatic rings. The van der Waals surface area contributed by atoms with Gasteiger partial charge in [0.1, 0.15) is 0 Å². The molecule has 2 heteroatoms. The van der Waals surface area contributed by atoms with Crippen LogP contribution in [0, 0.1) is 0 Å². The van der Waals surface area contributed by atoms with E-state index in [1.54, 1.807) is 0 Å². The second-order valence-electron chi connectivity index (χ2n) is 5.03. The molecule has 0 unspecified atom stereocenters. The van der Waals surface area contributed by atoms with Crippen LogP contribution >= 0.6 is 0 Å². The number of anilines is 1. The largest absolute Gasteiger partial charge is 0.370 e. The highest BCUT2D eigenvalue weighted by atomic mass is 15.2. The number of benzene rings is 2. The SMILES string of the molecule is c1ccc(CCN2CCNCc3ccccc32)cc1. The molecule has 2 aromatic carbocycles. The molecule has 1 aliphatic heterocycles. The summed E-state index contributed by atoms with van der Waals surface area (Å²) in [5.74, 6) is 0. The van der Waals surface area contributed by atoms with Gasteiger partial charge < -0.3 is 10.2 Å². The van der Waals surface area contributed by atoms with Crippen molar-refractivity contribution in [2.45, 2.75) is 13.0 Å². The Hall–Kier alpha value is -1.80. The zero-order valence-corrected chi connectivity index (χ0v) is 11.2. The monoisotopic (exact) mass is 252 g/mol. The third-order valence-electron chi connectivity index (χ3n) is 3.72. The summed E-state index contributed by atoms with van der Waals surface area (Å²) in [6.45, 7) is 4.22. The molecule has 2 nitrogen and oxygen atoms in total. The van der Waals surface area contributed by atoms with Gasteiger partial charge in [-0.2, -0.15) is 0 Å². The Bertz CT molecular complexity index is 522. The van der Waals surface area contributed by atoms with Crippen LogP contribution in [0.5, 0.6) is 0 Å². The molecule has 0 saturated heterocycles. The summed E-state index contributed by atoms with van der Waals surface area (Å²) in [7, 11) is 0. The predicted octanol–water partition coefficient (Wildman–Crippen LogP) is 2.84. The number of fused-ring (bicyclic) bond motifs is 1. The minimum atomic E-state index is 0.984. The highest BCUT2D eigenvalue weighted by Gasteiger charge is 2.13. The Morgan fingerprint density at radius 3 is 2.63 bits per heavy atom. The minimum absolute atomic E-state index is 0.984. The van der Waals surface area contributed by atoms with Crippen molar-refractivity contribution in [1.29, 1.82) is 0 Å². The molecule has 0 bridgehead atoms. The highest BCUT2D eigenvalue weighted by molar-refractivity contribution is 5.54. The lowest BCUT2D eigenvalue weighted by atomic mass is 10.1. The molecule has 0 amide bonds. The topological polar surface area (TPSA) is 15.3 Å². The number of hydrogen-bond acceptors (Lipinski definition) is 2. The number of rotatable bonds is 3. The van der Waals surface area contributed by atoms with Crippen LogP contribution in [-0.2, 0) is 13.0 Å². The fourth-order valence-corrected chi connectivity index (χ4v) is 2.67. The molecule has 0 atom stereocenters. The van der Waals surface area contributed by atoms with Gasteiger partial charge in [0, 0.05) is 31.9 Å². The maximum atomic E-state index is 3.49. The summed E-state index contributed by atoms with van der Waals surface area (Å²) >= 11 is 0. The smallest absolute Gasteiger partial charge is 0.0412 e. The molecule has 0 fully saturated rings. The predicted molar refractivity (Wildman–Crippen MR) is 80.5 cm³/mol. The average molecular weight is 252 g/mol. The number of para-hydroxylation sites is 1. The molecular weight excluding hydrogens is 232 g/mol. The molecule has 0 aromatic heterocycles. The first-order chi connectivity index (χ1) is 9.43. The summed E-state index contributed by atoms with van der Waals surface area (Å²) in [6.07, 6.45) is 1.11. The van der Waals surface area contributed by atoms with Crippen molar-refractivity contribution in [3.63, 3.8) is 0 Å². The van der Waals surface area contributed by atoms with Gasteiger partial charge in [-0.3, -0.25) is 0 Å². The van der Waals surface area contributed by atoms with E-state index in [0.717, 1.165) is 32.6 Å². The zero-order chi connectivity index (χ0) is 12.9. The van der Waals surface area contributed by atoms with Crippen LogP contribution in [0.3, 0.4) is 0 Å². The molecule has 1 N–H and O–H groups in total. The van der Waals surface area contributed by atoms with Gasteiger partial charge in [0.05, 0.1) is 0 Å². The van der Waals surface area contributed by atoms with Crippen molar-refractivity contribution in [2.24, 2.45) is 0 Å². The van der Waals surface area contributed by atoms with E-state index >= 15 is 0 Å². The Morgan fingerprint density at radius 2 is 1.74 bits per heavy atom. The van der Waals surface area contributed by atoms with Gasteiger partial charge in [-0.15, -0.1) is 0 Å². The van der Waals surface area contributed by atoms with Crippen molar-refractivity contribution in [2.75, 3.05) is 24.5 Å². The number of nitrogens with zero attached hydrogens (tertiary/aromatic N) is 1. The van der Waals surface area contributed by atoms with Crippen molar-refractivity contribution in [1.82, 2.24) is 5.32 Å². The quantitative estimate of drug-likeness (QED) is 0.903. The van der Waals surface area contributed by atoms with Gasteiger partial charge in [0.15, 0.2) is 0 Å². The lowest BCUT2D eigenvalue weighted by Gasteiger charge is -2.24. The van der Waals surface area contributed by atoms with Gasteiger partial charge in [-0.1, -0.05) is 48.5 Å². The van der Waals surface area contributed by atoms with Crippen molar-refractivity contribution < 1.29 is 0 Å². The van der Waals surface area contributed by atoms with E-state index in [1.165, 1.54) is 16.8 Å². The summed E-state index contributed by atoms with van der Waals surface area (Å²) < 4.78 is 0. The Morgan fingerprint density at radius 1 is 0.947 bits per heavy atom. The van der Waals surface area contributed by atoms with E-state index in [1.807, 2.05) is 0 Å². The van der Waals surface area contributed by atoms with Crippen molar-refractivity contribution in [3.8, 4) is 0 Å². The first-order valence-corrected chi connectivity index (χ1v) is 7.01. The van der Waals surface area contributed by atoms with E-state index in [2.05, 4.69) is 64.8 Å². The minimum Gasteiger partial charge on any atom is -0.370 e. The summed E-state index contributed by atoms with van der Waals surface area (Å²) in [5, 5.41) is 3.49. The summed E-state index contributed by atoms with van der Waals surface area (Å²) in [4.78, 5) is 2.50. The van der Waals surface area contributed by atoms with Gasteiger partial charge in [0.2, 0.25) is 0 Å². The molecule has 1 heterocycles. The molecule has 98 valence electrons. The van der Waals surface area contributed by atoms with E-state index in [9.17, 15) is 0 Å². The van der Waals surface area contributed by atoms with Gasteiger partial charge in [0.25, 0.3) is 0 Å². The molecular formula is C17H20N2. The second-order valence-corrected chi connectivity index (χ2v) is 5.03. The Kier molecular flexibility index (Phi) is 3.80. The van der Waals surface area contributed by atoms with Crippen LogP contribution in [0.4, 0.5) is 5.69 Å². The zero-order valence-electron chi connectivity index (χ0n) is 11.2. The Labute approximate surface area is 115 Å². The molecule has 0 radical (unpaired) electrons. The first-order valence-electron chi connectivity index (χ1n) is 7.01. The highest BCUT2D eigenvalue weighted by Crippen LogP contribution is 2.22. The number of hydrogen-bond donors (Lipinski definition) is 1. The third kappa shape index (κ3) is 2.96. The van der Waals surface area contributed by atoms with Crippen LogP contribution in [0.2, 0.25) is 0 Å². The van der Waals surface area contributed by atoms with Crippen molar-refractivity contribution in [3.05, 3.63) is 65.7 Å². The maximum absolute atomic E-state index is 3.49. The van der Waals surface area contributed by atoms with Crippen molar-refractivity contribution >= 4 is 5.69 Å². The van der Waals surface area contributed by atoms with E-state index in [0.29, 0.717) is 0 Å². The molecule has 3 rings (SSSR count). The van der Waals surface area contributed by atoms with Gasteiger partial charge in [-0.25, -0.2) is 0 Å². The first kappa shape index (κ1) is 12.2. The number of nitrogens with one attached hydrogen (secondary N) is 1. The van der Waals surface area contributed by atoms with E-state index in [4.69, 9.17) is 0 Å². The molecule has 0 spiro atoms. The van der Waals surface area contributed by atoms with Crippen LogP contribution in [0.15, 0.2) is 54.6 Å². The molecule has 0 aliphatic carbocycles. The van der Waals surface area contributed by atoms with Crippen LogP contribution in [0.25, 0.3) is 0 Å². The van der Waals surface area contributed by atoms with E-state index < -0.39 is 0 Å². The maximum Gasteiger partial charge on any atom is 0.0412 e. The van der Waals surface area contributed by atoms with Crippen LogP contribution in [0.1, 0.15) is 11.1 Å². The van der Waals surface area contributed by atoms with Gasteiger partial charge >= 0.3 is 0 Å². The van der Waals surface area contributed by atoms with Crippen LogP contribution < -0.4 is 10.2 Å². The summed E-state index contributed by atoms with van der Waals surface area (Å²) in [5.41, 5.74) is 4.22. The lowest BCUT2D eigenvalue weighted by molar-refractivity contribution is 0.687. The fraction of sp³-hybridized carbons (Fsp3) is 0.294. The van der Waals surface area contributed by atoms with E-state index in [-0.39, 0.29) is 0 Å². The average Bonchev–Trinajstić information content (AvgIpc) is 2.68. The second kappa shape index (κ2) is 5.89. The molecule has 2 aromatic rings. The third-order valence-corrected chi connectivity index (χ3v) is 3.72. The molecule has 0 saturated carbocycles.